The van der Waals surface area contributed by atoms with E-state index in [2.05, 4.69) is 15.3 Å². The summed E-state index contributed by atoms with van der Waals surface area (Å²) in [5.74, 6) is 0.890. The summed E-state index contributed by atoms with van der Waals surface area (Å²) in [5, 5.41) is 2.76. The van der Waals surface area contributed by atoms with Crippen molar-refractivity contribution in [3.8, 4) is 0 Å². The van der Waals surface area contributed by atoms with E-state index in [0.717, 1.165) is 0 Å². The number of aromatic nitrogens is 2. The minimum atomic E-state index is -0.321. The summed E-state index contributed by atoms with van der Waals surface area (Å²) >= 11 is 0. The number of hydrogen-bond acceptors (Lipinski definition) is 5. The average Bonchev–Trinajstić information content (AvgIpc) is 2.76. The second kappa shape index (κ2) is 4.87. The quantitative estimate of drug-likeness (QED) is 0.854. The van der Waals surface area contributed by atoms with E-state index < -0.39 is 0 Å². The van der Waals surface area contributed by atoms with Crippen LogP contribution in [0, 0.1) is 6.92 Å². The van der Waals surface area contributed by atoms with Crippen molar-refractivity contribution < 1.29 is 9.21 Å². The fourth-order valence-electron chi connectivity index (χ4n) is 1.52. The van der Waals surface area contributed by atoms with Gasteiger partial charge in [-0.05, 0) is 19.9 Å². The summed E-state index contributed by atoms with van der Waals surface area (Å²) in [7, 11) is 0. The molecule has 0 bridgehead atoms. The number of nitrogens with one attached hydrogen (secondary N) is 1. The summed E-state index contributed by atoms with van der Waals surface area (Å²) in [5.41, 5.74) is 6.41. The van der Waals surface area contributed by atoms with E-state index >= 15 is 0 Å². The standard InChI is InChI=1S/C12H14N4O2/c1-7-5-15-12(18-7)8(2)16-11(17)9-3-4-14-6-10(9)13/h3-6,8H,13H2,1-2H3,(H,16,17). The number of aryl methyl sites for hydroxylation is 1. The summed E-state index contributed by atoms with van der Waals surface area (Å²) in [6.45, 7) is 3.59. The number of nitrogen functional groups attached to an aromatic ring is 1. The molecule has 0 spiro atoms. The SMILES string of the molecule is Cc1cnc(C(C)NC(=O)c2ccncc2N)o1. The maximum Gasteiger partial charge on any atom is 0.254 e. The van der Waals surface area contributed by atoms with Gasteiger partial charge in [0.2, 0.25) is 5.89 Å². The predicted molar refractivity (Wildman–Crippen MR) is 65.8 cm³/mol. The highest BCUT2D eigenvalue weighted by Gasteiger charge is 2.16. The number of carbonyl (C=O) groups is 1. The zero-order chi connectivity index (χ0) is 13.1. The van der Waals surface area contributed by atoms with Crippen molar-refractivity contribution >= 4 is 11.6 Å². The number of amides is 1. The van der Waals surface area contributed by atoms with E-state index in [9.17, 15) is 4.79 Å². The van der Waals surface area contributed by atoms with E-state index in [0.29, 0.717) is 22.9 Å². The molecule has 6 heteroatoms. The molecule has 18 heavy (non-hydrogen) atoms. The lowest BCUT2D eigenvalue weighted by Gasteiger charge is -2.11. The Morgan fingerprint density at radius 1 is 1.50 bits per heavy atom. The van der Waals surface area contributed by atoms with Crippen LogP contribution in [-0.4, -0.2) is 15.9 Å². The smallest absolute Gasteiger partial charge is 0.254 e. The molecule has 6 nitrogen and oxygen atoms in total. The van der Waals surface area contributed by atoms with Gasteiger partial charge in [0.1, 0.15) is 11.8 Å². The zero-order valence-electron chi connectivity index (χ0n) is 10.2. The van der Waals surface area contributed by atoms with Gasteiger partial charge in [-0.1, -0.05) is 0 Å². The molecule has 2 aromatic rings. The highest BCUT2D eigenvalue weighted by atomic mass is 16.4. The molecule has 94 valence electrons. The lowest BCUT2D eigenvalue weighted by Crippen LogP contribution is -2.27. The van der Waals surface area contributed by atoms with Crippen molar-refractivity contribution in [3.05, 3.63) is 41.9 Å². The topological polar surface area (TPSA) is 94.0 Å². The van der Waals surface area contributed by atoms with Gasteiger partial charge in [-0.3, -0.25) is 9.78 Å². The number of carbonyl (C=O) groups excluding carboxylic acids is 1. The molecular weight excluding hydrogens is 232 g/mol. The number of hydrogen-bond donors (Lipinski definition) is 2. The van der Waals surface area contributed by atoms with Crippen LogP contribution in [0.15, 0.2) is 29.1 Å². The highest BCUT2D eigenvalue weighted by Crippen LogP contribution is 2.14. The Morgan fingerprint density at radius 3 is 2.89 bits per heavy atom. The van der Waals surface area contributed by atoms with E-state index in [1.807, 2.05) is 0 Å². The molecule has 0 aromatic carbocycles. The summed E-state index contributed by atoms with van der Waals surface area (Å²) in [6, 6.07) is 1.25. The molecule has 2 heterocycles. The summed E-state index contributed by atoms with van der Waals surface area (Å²) in [4.78, 5) is 19.9. The minimum Gasteiger partial charge on any atom is -0.444 e. The van der Waals surface area contributed by atoms with E-state index in [-0.39, 0.29) is 11.9 Å². The van der Waals surface area contributed by atoms with Gasteiger partial charge in [0, 0.05) is 6.20 Å². The summed E-state index contributed by atoms with van der Waals surface area (Å²) in [6.07, 6.45) is 4.57. The second-order valence-electron chi connectivity index (χ2n) is 3.97. The Hall–Kier alpha value is -2.37. The van der Waals surface area contributed by atoms with Crippen LogP contribution in [0.1, 0.15) is 35.0 Å². The number of oxazole rings is 1. The monoisotopic (exact) mass is 246 g/mol. The first-order valence-corrected chi connectivity index (χ1v) is 5.50. The molecule has 0 aliphatic carbocycles. The molecule has 0 aliphatic rings. The maximum atomic E-state index is 12.0. The number of anilines is 1. The van der Waals surface area contributed by atoms with Gasteiger partial charge in [-0.25, -0.2) is 4.98 Å². The van der Waals surface area contributed by atoms with Crippen molar-refractivity contribution in [1.82, 2.24) is 15.3 Å². The Labute approximate surface area is 104 Å². The van der Waals surface area contributed by atoms with Crippen molar-refractivity contribution in [2.75, 3.05) is 5.73 Å². The fourth-order valence-corrected chi connectivity index (χ4v) is 1.52. The van der Waals surface area contributed by atoms with Gasteiger partial charge in [-0.2, -0.15) is 0 Å². The molecule has 0 saturated carbocycles. The molecule has 3 N–H and O–H groups in total. The van der Waals surface area contributed by atoms with Crippen LogP contribution >= 0.6 is 0 Å². The lowest BCUT2D eigenvalue weighted by atomic mass is 10.2. The van der Waals surface area contributed by atoms with Crippen LogP contribution in [-0.2, 0) is 0 Å². The van der Waals surface area contributed by atoms with Crippen molar-refractivity contribution in [1.29, 1.82) is 0 Å². The fraction of sp³-hybridized carbons (Fsp3) is 0.250. The average molecular weight is 246 g/mol. The number of nitrogens with two attached hydrogens (primary N) is 1. The second-order valence-corrected chi connectivity index (χ2v) is 3.97. The van der Waals surface area contributed by atoms with Crippen LogP contribution in [0.4, 0.5) is 5.69 Å². The number of rotatable bonds is 3. The van der Waals surface area contributed by atoms with E-state index in [1.54, 1.807) is 26.1 Å². The molecule has 0 radical (unpaired) electrons. The van der Waals surface area contributed by atoms with Crippen molar-refractivity contribution in [2.45, 2.75) is 19.9 Å². The molecule has 2 aromatic heterocycles. The third-order valence-corrected chi connectivity index (χ3v) is 2.45. The maximum absolute atomic E-state index is 12.0. The Kier molecular flexibility index (Phi) is 3.27. The van der Waals surface area contributed by atoms with Gasteiger partial charge in [0.25, 0.3) is 5.91 Å². The first-order valence-electron chi connectivity index (χ1n) is 5.50. The molecule has 1 unspecified atom stereocenters. The molecule has 1 amide bonds. The molecule has 1 atom stereocenters. The van der Waals surface area contributed by atoms with Crippen LogP contribution in [0.3, 0.4) is 0 Å². The molecule has 0 aliphatic heterocycles. The van der Waals surface area contributed by atoms with Crippen LogP contribution in [0.25, 0.3) is 0 Å². The number of pyridine rings is 1. The van der Waals surface area contributed by atoms with E-state index in [1.165, 1.54) is 12.4 Å². The lowest BCUT2D eigenvalue weighted by molar-refractivity contribution is 0.0934. The zero-order valence-corrected chi connectivity index (χ0v) is 10.2. The Bertz CT molecular complexity index is 565. The van der Waals surface area contributed by atoms with Gasteiger partial charge in [-0.15, -0.1) is 0 Å². The van der Waals surface area contributed by atoms with Crippen LogP contribution in [0.5, 0.6) is 0 Å². The largest absolute Gasteiger partial charge is 0.444 e. The first-order chi connectivity index (χ1) is 8.58. The molecule has 0 saturated heterocycles. The third kappa shape index (κ3) is 2.48. The van der Waals surface area contributed by atoms with Gasteiger partial charge in [0.15, 0.2) is 0 Å². The van der Waals surface area contributed by atoms with Gasteiger partial charge in [0.05, 0.1) is 23.6 Å². The predicted octanol–water partition coefficient (Wildman–Crippen LogP) is 1.45. The van der Waals surface area contributed by atoms with Crippen LogP contribution < -0.4 is 11.1 Å². The van der Waals surface area contributed by atoms with Crippen molar-refractivity contribution in [2.24, 2.45) is 0 Å². The van der Waals surface area contributed by atoms with Gasteiger partial charge >= 0.3 is 0 Å². The Morgan fingerprint density at radius 2 is 2.28 bits per heavy atom. The summed E-state index contributed by atoms with van der Waals surface area (Å²) < 4.78 is 5.34. The molecular formula is C12H14N4O2. The minimum absolute atomic E-state index is 0.279. The first kappa shape index (κ1) is 12.1. The van der Waals surface area contributed by atoms with Crippen LogP contribution in [0.2, 0.25) is 0 Å². The normalized spacial score (nSPS) is 12.1. The number of nitrogens with zero attached hydrogens (tertiary/aromatic N) is 2. The molecule has 0 fully saturated rings. The van der Waals surface area contributed by atoms with E-state index in [4.69, 9.17) is 10.2 Å². The van der Waals surface area contributed by atoms with Gasteiger partial charge < -0.3 is 15.5 Å². The Balaban J connectivity index is 2.10. The molecule has 2 rings (SSSR count). The third-order valence-electron chi connectivity index (χ3n) is 2.45. The highest BCUT2D eigenvalue weighted by molar-refractivity contribution is 5.98. The van der Waals surface area contributed by atoms with Crippen molar-refractivity contribution in [3.63, 3.8) is 0 Å².